The number of hydrogen-bond acceptors (Lipinski definition) is 8. The van der Waals surface area contributed by atoms with E-state index in [2.05, 4.69) is 9.73 Å². The van der Waals surface area contributed by atoms with E-state index in [0.717, 1.165) is 22.6 Å². The average Bonchev–Trinajstić information content (AvgIpc) is 3.17. The number of rotatable bonds is 7. The molecule has 194 valence electrons. The Bertz CT molecular complexity index is 1540. The van der Waals surface area contributed by atoms with Gasteiger partial charge in [0.1, 0.15) is 0 Å². The second kappa shape index (κ2) is 10.6. The molecule has 3 aromatic rings. The van der Waals surface area contributed by atoms with Crippen LogP contribution in [0.5, 0.6) is 11.5 Å². The van der Waals surface area contributed by atoms with E-state index < -0.39 is 18.6 Å². The van der Waals surface area contributed by atoms with Crippen molar-refractivity contribution in [2.45, 2.75) is 19.6 Å². The summed E-state index contributed by atoms with van der Waals surface area (Å²) in [6, 6.07) is 11.2. The molecule has 1 aliphatic rings. The third-order valence-electron chi connectivity index (χ3n) is 5.85. The van der Waals surface area contributed by atoms with E-state index in [1.807, 2.05) is 43.3 Å². The number of benzene rings is 2. The van der Waals surface area contributed by atoms with E-state index in [-0.39, 0.29) is 22.6 Å². The van der Waals surface area contributed by atoms with Crippen LogP contribution in [-0.4, -0.2) is 45.5 Å². The van der Waals surface area contributed by atoms with Crippen LogP contribution in [0.4, 0.5) is 14.5 Å². The predicted molar refractivity (Wildman–Crippen MR) is 136 cm³/mol. The Hall–Kier alpha value is -3.99. The summed E-state index contributed by atoms with van der Waals surface area (Å²) in [5, 5.41) is 0. The number of halogens is 2. The Labute approximate surface area is 215 Å². The summed E-state index contributed by atoms with van der Waals surface area (Å²) in [6.07, 6.45) is 1.61. The van der Waals surface area contributed by atoms with Crippen molar-refractivity contribution in [1.82, 2.24) is 4.57 Å². The van der Waals surface area contributed by atoms with Gasteiger partial charge < -0.3 is 19.1 Å². The number of nitrogens with zero attached hydrogens (tertiary/aromatic N) is 3. The van der Waals surface area contributed by atoms with Gasteiger partial charge in [0.15, 0.2) is 16.3 Å². The van der Waals surface area contributed by atoms with Crippen LogP contribution in [0.1, 0.15) is 24.1 Å². The molecular weight excluding hydrogens is 504 g/mol. The molecule has 11 heteroatoms. The van der Waals surface area contributed by atoms with Crippen molar-refractivity contribution in [2.75, 3.05) is 33.2 Å². The van der Waals surface area contributed by atoms with Crippen LogP contribution in [0.3, 0.4) is 0 Å². The quantitative estimate of drug-likeness (QED) is 0.438. The molecule has 0 amide bonds. The number of ether oxygens (including phenoxy) is 3. The van der Waals surface area contributed by atoms with Gasteiger partial charge in [0.2, 0.25) is 0 Å². The molecule has 0 radical (unpaired) electrons. The number of fused-ring (bicyclic) bond motifs is 1. The Kier molecular flexibility index (Phi) is 7.44. The first-order chi connectivity index (χ1) is 17.6. The summed E-state index contributed by atoms with van der Waals surface area (Å²) in [5.74, 6) is -0.586. The zero-order valence-corrected chi connectivity index (χ0v) is 21.6. The Balaban J connectivity index is 1.88. The molecule has 37 heavy (non-hydrogen) atoms. The van der Waals surface area contributed by atoms with Crippen LogP contribution in [0, 0.1) is 0 Å². The molecule has 4 rings (SSSR count). The highest BCUT2D eigenvalue weighted by atomic mass is 32.1. The number of hydrogen-bond donors (Lipinski definition) is 0. The molecule has 1 aromatic heterocycles. The largest absolute Gasteiger partial charge is 0.493 e. The van der Waals surface area contributed by atoms with Crippen LogP contribution in [0.2, 0.25) is 0 Å². The van der Waals surface area contributed by atoms with Crippen LogP contribution in [0.25, 0.3) is 6.08 Å². The molecule has 1 unspecified atom stereocenters. The lowest BCUT2D eigenvalue weighted by Gasteiger charge is -2.25. The van der Waals surface area contributed by atoms with Crippen LogP contribution < -0.4 is 29.3 Å². The maximum atomic E-state index is 13.7. The lowest BCUT2D eigenvalue weighted by atomic mass is 9.95. The Morgan fingerprint density at radius 3 is 2.43 bits per heavy atom. The van der Waals surface area contributed by atoms with Crippen molar-refractivity contribution in [3.8, 4) is 11.5 Å². The second-order valence-electron chi connectivity index (χ2n) is 8.35. The van der Waals surface area contributed by atoms with Gasteiger partial charge in [0.25, 0.3) is 5.56 Å². The van der Waals surface area contributed by atoms with Gasteiger partial charge in [-0.15, -0.1) is 0 Å². The number of thiazole rings is 1. The first kappa shape index (κ1) is 26.1. The highest BCUT2D eigenvalue weighted by Crippen LogP contribution is 2.32. The minimum absolute atomic E-state index is 0.101. The van der Waals surface area contributed by atoms with Gasteiger partial charge in [0.05, 0.1) is 36.1 Å². The van der Waals surface area contributed by atoms with Gasteiger partial charge in [-0.1, -0.05) is 29.5 Å². The summed E-state index contributed by atoms with van der Waals surface area (Å²) in [4.78, 5) is 33.3. The number of esters is 1. The van der Waals surface area contributed by atoms with Crippen molar-refractivity contribution in [1.29, 1.82) is 0 Å². The summed E-state index contributed by atoms with van der Waals surface area (Å²) in [7, 11) is 6.46. The highest BCUT2D eigenvalue weighted by molar-refractivity contribution is 7.07. The monoisotopic (exact) mass is 529 g/mol. The molecule has 0 saturated heterocycles. The number of anilines is 1. The predicted octanol–water partition coefficient (Wildman–Crippen LogP) is 3.08. The number of carbonyl (C=O) groups is 1. The van der Waals surface area contributed by atoms with Gasteiger partial charge in [-0.25, -0.2) is 9.79 Å². The average molecular weight is 530 g/mol. The van der Waals surface area contributed by atoms with Crippen LogP contribution in [0.15, 0.2) is 63.5 Å². The van der Waals surface area contributed by atoms with Gasteiger partial charge >= 0.3 is 12.6 Å². The third kappa shape index (κ3) is 5.12. The van der Waals surface area contributed by atoms with Crippen molar-refractivity contribution >= 4 is 29.1 Å². The standard InChI is InChI=1S/C26H25F2N3O5S/c1-14-21(24(33)35-5)22(16-7-9-17(10-8-16)30(2)3)31-23(32)20(37-26(31)29-14)13-15-6-11-18(36-25(27)28)19(12-15)34-4/h6-13,22,25H,1-5H3/b20-13+. The normalized spacial score (nSPS) is 15.4. The molecule has 0 saturated carbocycles. The van der Waals surface area contributed by atoms with Crippen molar-refractivity contribution in [3.63, 3.8) is 0 Å². The Morgan fingerprint density at radius 2 is 1.84 bits per heavy atom. The van der Waals surface area contributed by atoms with Crippen molar-refractivity contribution < 1.29 is 27.8 Å². The minimum Gasteiger partial charge on any atom is -0.493 e. The fraction of sp³-hybridized carbons (Fsp3) is 0.269. The molecule has 0 bridgehead atoms. The molecule has 0 N–H and O–H groups in total. The topological polar surface area (TPSA) is 82.4 Å². The first-order valence-electron chi connectivity index (χ1n) is 11.2. The molecular formula is C26H25F2N3O5S. The second-order valence-corrected chi connectivity index (χ2v) is 9.36. The molecule has 2 aromatic carbocycles. The van der Waals surface area contributed by atoms with E-state index in [4.69, 9.17) is 9.47 Å². The lowest BCUT2D eigenvalue weighted by Crippen LogP contribution is -2.39. The van der Waals surface area contributed by atoms with Crippen molar-refractivity contribution in [2.24, 2.45) is 4.99 Å². The van der Waals surface area contributed by atoms with Crippen molar-refractivity contribution in [3.05, 3.63) is 84.5 Å². The zero-order valence-electron chi connectivity index (χ0n) is 20.8. The fourth-order valence-electron chi connectivity index (χ4n) is 4.08. The molecule has 0 aliphatic carbocycles. The van der Waals surface area contributed by atoms with Crippen LogP contribution >= 0.6 is 11.3 Å². The van der Waals surface area contributed by atoms with E-state index in [1.54, 1.807) is 19.1 Å². The number of aromatic nitrogens is 1. The number of methoxy groups -OCH3 is 2. The highest BCUT2D eigenvalue weighted by Gasteiger charge is 2.33. The SMILES string of the molecule is COC(=O)C1=C(C)N=c2s/c(=C/c3ccc(OC(F)F)c(OC)c3)c(=O)n2C1c1ccc(N(C)C)cc1. The van der Waals surface area contributed by atoms with Crippen LogP contribution in [-0.2, 0) is 9.53 Å². The summed E-state index contributed by atoms with van der Waals surface area (Å²) < 4.78 is 41.8. The van der Waals surface area contributed by atoms with Gasteiger partial charge in [-0.2, -0.15) is 8.78 Å². The number of allylic oxidation sites excluding steroid dienone is 1. The number of carbonyl (C=O) groups excluding carboxylic acids is 1. The minimum atomic E-state index is -3.00. The first-order valence-corrected chi connectivity index (χ1v) is 12.0. The lowest BCUT2D eigenvalue weighted by molar-refractivity contribution is -0.136. The fourth-order valence-corrected chi connectivity index (χ4v) is 5.13. The van der Waals surface area contributed by atoms with E-state index >= 15 is 0 Å². The third-order valence-corrected chi connectivity index (χ3v) is 6.84. The molecule has 0 fully saturated rings. The summed E-state index contributed by atoms with van der Waals surface area (Å²) in [5.41, 5.74) is 2.60. The Morgan fingerprint density at radius 1 is 1.14 bits per heavy atom. The summed E-state index contributed by atoms with van der Waals surface area (Å²) in [6.45, 7) is -1.29. The maximum absolute atomic E-state index is 13.7. The zero-order chi connectivity index (χ0) is 26.9. The van der Waals surface area contributed by atoms with Gasteiger partial charge in [0, 0.05) is 19.8 Å². The smallest absolute Gasteiger partial charge is 0.387 e. The molecule has 1 atom stereocenters. The maximum Gasteiger partial charge on any atom is 0.387 e. The van der Waals surface area contributed by atoms with E-state index in [1.165, 1.54) is 30.9 Å². The van der Waals surface area contributed by atoms with Gasteiger partial charge in [-0.3, -0.25) is 9.36 Å². The number of alkyl halides is 2. The van der Waals surface area contributed by atoms with E-state index in [9.17, 15) is 18.4 Å². The van der Waals surface area contributed by atoms with E-state index in [0.29, 0.717) is 20.6 Å². The summed E-state index contributed by atoms with van der Waals surface area (Å²) >= 11 is 1.16. The molecule has 2 heterocycles. The molecule has 0 spiro atoms. The molecule has 1 aliphatic heterocycles. The molecule has 8 nitrogen and oxygen atoms in total. The van der Waals surface area contributed by atoms with Gasteiger partial charge in [-0.05, 0) is 48.4 Å².